The van der Waals surface area contributed by atoms with Gasteiger partial charge in [-0.2, -0.15) is 0 Å². The first-order chi connectivity index (χ1) is 8.35. The van der Waals surface area contributed by atoms with Crippen LogP contribution in [0.5, 0.6) is 5.75 Å². The second-order valence-electron chi connectivity index (χ2n) is 3.44. The molecule has 0 aliphatic rings. The zero-order valence-corrected chi connectivity index (χ0v) is 11.2. The number of hydrogen-bond acceptors (Lipinski definition) is 4. The molecule has 100 valence electrons. The van der Waals surface area contributed by atoms with E-state index in [1.54, 1.807) is 0 Å². The van der Waals surface area contributed by atoms with Gasteiger partial charge in [0, 0.05) is 11.6 Å². The fourth-order valence-electron chi connectivity index (χ4n) is 1.19. The summed E-state index contributed by atoms with van der Waals surface area (Å²) in [5, 5.41) is 12.2. The van der Waals surface area contributed by atoms with Crippen molar-refractivity contribution in [2.24, 2.45) is 0 Å². The number of carbonyl (C=O) groups excluding carboxylic acids is 1. The van der Waals surface area contributed by atoms with Gasteiger partial charge in [0.15, 0.2) is 0 Å². The highest BCUT2D eigenvalue weighted by Gasteiger charge is 2.12. The molecule has 0 saturated heterocycles. The number of phenolic OH excluding ortho intramolecular Hbond substituents is 1. The molecule has 1 amide bonds. The van der Waals surface area contributed by atoms with E-state index in [1.165, 1.54) is 25.2 Å². The zero-order chi connectivity index (χ0) is 13.8. The second kappa shape index (κ2) is 6.03. The summed E-state index contributed by atoms with van der Waals surface area (Å²) in [6.45, 7) is -0.0515. The van der Waals surface area contributed by atoms with Gasteiger partial charge in [-0.05, 0) is 25.2 Å². The topological polar surface area (TPSA) is 95.5 Å². The van der Waals surface area contributed by atoms with Gasteiger partial charge >= 0.3 is 0 Å². The molecule has 0 radical (unpaired) electrons. The van der Waals surface area contributed by atoms with Crippen LogP contribution in [0.15, 0.2) is 18.2 Å². The highest BCUT2D eigenvalue weighted by atomic mass is 35.5. The number of phenols is 1. The summed E-state index contributed by atoms with van der Waals surface area (Å²) < 4.78 is 24.3. The van der Waals surface area contributed by atoms with Crippen molar-refractivity contribution in [3.05, 3.63) is 28.8 Å². The van der Waals surface area contributed by atoms with Gasteiger partial charge in [-0.3, -0.25) is 4.79 Å². The summed E-state index contributed by atoms with van der Waals surface area (Å²) in [7, 11) is -2.07. The third kappa shape index (κ3) is 4.17. The Morgan fingerprint density at radius 1 is 1.44 bits per heavy atom. The van der Waals surface area contributed by atoms with E-state index < -0.39 is 15.9 Å². The van der Waals surface area contributed by atoms with Crippen LogP contribution in [0.1, 0.15) is 10.4 Å². The number of halogens is 1. The number of nitrogens with one attached hydrogen (secondary N) is 2. The van der Waals surface area contributed by atoms with Crippen LogP contribution in [0.25, 0.3) is 0 Å². The number of benzene rings is 1. The van der Waals surface area contributed by atoms with Gasteiger partial charge in [0.25, 0.3) is 5.91 Å². The molecular formula is C10H13ClN2O4S. The van der Waals surface area contributed by atoms with Crippen LogP contribution >= 0.6 is 11.6 Å². The van der Waals surface area contributed by atoms with E-state index in [2.05, 4.69) is 10.0 Å². The Balaban J connectivity index is 2.61. The number of amides is 1. The van der Waals surface area contributed by atoms with Crippen molar-refractivity contribution in [3.63, 3.8) is 0 Å². The third-order valence-electron chi connectivity index (χ3n) is 2.17. The summed E-state index contributed by atoms with van der Waals surface area (Å²) in [6, 6.07) is 4.06. The molecule has 3 N–H and O–H groups in total. The fourth-order valence-corrected chi connectivity index (χ4v) is 1.93. The van der Waals surface area contributed by atoms with Crippen LogP contribution < -0.4 is 10.0 Å². The minimum atomic E-state index is -3.36. The van der Waals surface area contributed by atoms with Gasteiger partial charge in [0.05, 0.1) is 11.3 Å². The van der Waals surface area contributed by atoms with Gasteiger partial charge < -0.3 is 10.4 Å². The lowest BCUT2D eigenvalue weighted by molar-refractivity contribution is 0.0953. The third-order valence-corrected chi connectivity index (χ3v) is 3.77. The fraction of sp³-hybridized carbons (Fsp3) is 0.300. The first-order valence-electron chi connectivity index (χ1n) is 5.03. The Morgan fingerprint density at radius 3 is 2.67 bits per heavy atom. The van der Waals surface area contributed by atoms with Crippen LogP contribution in [0.3, 0.4) is 0 Å². The number of carbonyl (C=O) groups is 1. The standard InChI is InChI=1S/C10H13ClN2O4S/c1-12-18(16,17)5-4-13-10(15)8-3-2-7(11)6-9(8)14/h2-3,6,12,14H,4-5H2,1H3,(H,13,15). The maximum atomic E-state index is 11.6. The van der Waals surface area contributed by atoms with Crippen molar-refractivity contribution < 1.29 is 18.3 Å². The van der Waals surface area contributed by atoms with E-state index in [1.807, 2.05) is 0 Å². The lowest BCUT2D eigenvalue weighted by Crippen LogP contribution is -2.32. The summed E-state index contributed by atoms with van der Waals surface area (Å²) in [4.78, 5) is 11.6. The molecule has 0 aromatic heterocycles. The predicted molar refractivity (Wildman–Crippen MR) is 68.3 cm³/mol. The summed E-state index contributed by atoms with van der Waals surface area (Å²) in [5.74, 6) is -1.05. The first kappa shape index (κ1) is 14.7. The average Bonchev–Trinajstić information content (AvgIpc) is 2.28. The molecule has 18 heavy (non-hydrogen) atoms. The van der Waals surface area contributed by atoms with Crippen molar-refractivity contribution in [2.45, 2.75) is 0 Å². The molecule has 0 aliphatic heterocycles. The summed E-state index contributed by atoms with van der Waals surface area (Å²) in [6.07, 6.45) is 0. The molecule has 0 spiro atoms. The average molecular weight is 293 g/mol. The number of sulfonamides is 1. The molecule has 1 aromatic rings. The molecule has 0 fully saturated rings. The minimum Gasteiger partial charge on any atom is -0.507 e. The zero-order valence-electron chi connectivity index (χ0n) is 9.60. The monoisotopic (exact) mass is 292 g/mol. The van der Waals surface area contributed by atoms with Gasteiger partial charge in [0.2, 0.25) is 10.0 Å². The maximum Gasteiger partial charge on any atom is 0.255 e. The molecule has 0 aliphatic carbocycles. The SMILES string of the molecule is CNS(=O)(=O)CCNC(=O)c1ccc(Cl)cc1O. The van der Waals surface area contributed by atoms with Crippen LogP contribution in [0.2, 0.25) is 5.02 Å². The highest BCUT2D eigenvalue weighted by molar-refractivity contribution is 7.89. The van der Waals surface area contributed by atoms with Gasteiger partial charge in [-0.15, -0.1) is 0 Å². The number of hydrogen-bond donors (Lipinski definition) is 3. The maximum absolute atomic E-state index is 11.6. The van der Waals surface area contributed by atoms with Gasteiger partial charge in [-0.1, -0.05) is 11.6 Å². The van der Waals surface area contributed by atoms with Crippen molar-refractivity contribution in [2.75, 3.05) is 19.3 Å². The van der Waals surface area contributed by atoms with Crippen molar-refractivity contribution in [1.82, 2.24) is 10.0 Å². The molecular weight excluding hydrogens is 280 g/mol. The lowest BCUT2D eigenvalue weighted by atomic mass is 10.2. The molecule has 6 nitrogen and oxygen atoms in total. The van der Waals surface area contributed by atoms with Gasteiger partial charge in [-0.25, -0.2) is 13.1 Å². The Labute approximate surface area is 110 Å². The van der Waals surface area contributed by atoms with Crippen molar-refractivity contribution >= 4 is 27.5 Å². The molecule has 0 saturated carbocycles. The normalized spacial score (nSPS) is 11.2. The Bertz CT molecular complexity index is 545. The van der Waals surface area contributed by atoms with Crippen molar-refractivity contribution in [1.29, 1.82) is 0 Å². The largest absolute Gasteiger partial charge is 0.507 e. The summed E-state index contributed by atoms with van der Waals surface area (Å²) >= 11 is 5.63. The molecule has 1 rings (SSSR count). The second-order valence-corrected chi connectivity index (χ2v) is 5.92. The smallest absolute Gasteiger partial charge is 0.255 e. The van der Waals surface area contributed by atoms with Crippen LogP contribution in [-0.2, 0) is 10.0 Å². The van der Waals surface area contributed by atoms with Crippen LogP contribution in [0, 0.1) is 0 Å². The number of aromatic hydroxyl groups is 1. The number of rotatable bonds is 5. The lowest BCUT2D eigenvalue weighted by Gasteiger charge is -2.07. The minimum absolute atomic E-state index is 0.0428. The van der Waals surface area contributed by atoms with E-state index in [4.69, 9.17) is 11.6 Å². The first-order valence-corrected chi connectivity index (χ1v) is 7.06. The van der Waals surface area contributed by atoms with E-state index in [-0.39, 0.29) is 23.6 Å². The van der Waals surface area contributed by atoms with Gasteiger partial charge in [0.1, 0.15) is 5.75 Å². The Hall–Kier alpha value is -1.31. The predicted octanol–water partition coefficient (Wildman–Crippen LogP) is 0.325. The van der Waals surface area contributed by atoms with E-state index in [0.29, 0.717) is 5.02 Å². The van der Waals surface area contributed by atoms with Crippen LogP contribution in [-0.4, -0.2) is 38.8 Å². The van der Waals surface area contributed by atoms with E-state index in [0.717, 1.165) is 0 Å². The molecule has 0 bridgehead atoms. The molecule has 1 aromatic carbocycles. The molecule has 0 heterocycles. The Kier molecular flexibility index (Phi) is 4.94. The van der Waals surface area contributed by atoms with E-state index >= 15 is 0 Å². The van der Waals surface area contributed by atoms with Crippen LogP contribution in [0.4, 0.5) is 0 Å². The van der Waals surface area contributed by atoms with E-state index in [9.17, 15) is 18.3 Å². The quantitative estimate of drug-likeness (QED) is 0.728. The summed E-state index contributed by atoms with van der Waals surface area (Å²) in [5.41, 5.74) is 0.0428. The molecule has 8 heteroatoms. The molecule has 0 unspecified atom stereocenters. The highest BCUT2D eigenvalue weighted by Crippen LogP contribution is 2.21. The molecule has 0 atom stereocenters. The van der Waals surface area contributed by atoms with Crippen molar-refractivity contribution in [3.8, 4) is 5.75 Å². The Morgan fingerprint density at radius 2 is 2.11 bits per heavy atom.